The molecule has 0 bridgehead atoms. The number of anilines is 1. The van der Waals surface area contributed by atoms with Crippen molar-refractivity contribution in [2.75, 3.05) is 5.73 Å². The summed E-state index contributed by atoms with van der Waals surface area (Å²) in [5, 5.41) is 5.77. The molecule has 6 heteroatoms. The van der Waals surface area contributed by atoms with Crippen molar-refractivity contribution in [1.82, 2.24) is 10.1 Å². The van der Waals surface area contributed by atoms with Gasteiger partial charge in [-0.05, 0) is 30.0 Å². The molecule has 0 fully saturated rings. The van der Waals surface area contributed by atoms with Crippen LogP contribution in [-0.2, 0) is 0 Å². The highest BCUT2D eigenvalue weighted by atomic mass is 32.1. The number of aromatic nitrogens is 2. The predicted molar refractivity (Wildman–Crippen MR) is 64.5 cm³/mol. The molecule has 0 radical (unpaired) electrons. The first-order valence-electron chi connectivity index (χ1n) is 4.97. The Kier molecular flexibility index (Phi) is 2.22. The zero-order valence-electron chi connectivity index (χ0n) is 9.01. The van der Waals surface area contributed by atoms with E-state index in [0.717, 1.165) is 10.4 Å². The van der Waals surface area contributed by atoms with E-state index in [1.54, 1.807) is 6.26 Å². The third kappa shape index (κ3) is 1.62. The average Bonchev–Trinajstić information content (AvgIpc) is 2.97. The minimum Gasteiger partial charge on any atom is -0.461 e. The molecule has 5 nitrogen and oxygen atoms in total. The Labute approximate surface area is 101 Å². The van der Waals surface area contributed by atoms with Crippen molar-refractivity contribution in [3.8, 4) is 22.4 Å². The maximum absolute atomic E-state index is 5.79. The fourth-order valence-electron chi connectivity index (χ4n) is 1.50. The topological polar surface area (TPSA) is 78.1 Å². The summed E-state index contributed by atoms with van der Waals surface area (Å²) in [5.41, 5.74) is 7.40. The lowest BCUT2D eigenvalue weighted by Gasteiger charge is -1.89. The normalized spacial score (nSPS) is 10.9. The van der Waals surface area contributed by atoms with E-state index in [1.807, 2.05) is 24.4 Å². The molecule has 0 aliphatic carbocycles. The maximum atomic E-state index is 5.79. The highest BCUT2D eigenvalue weighted by Gasteiger charge is 2.17. The fourth-order valence-corrected chi connectivity index (χ4v) is 2.24. The van der Waals surface area contributed by atoms with E-state index < -0.39 is 0 Å². The van der Waals surface area contributed by atoms with Gasteiger partial charge < -0.3 is 14.7 Å². The third-order valence-corrected chi connectivity index (χ3v) is 3.30. The lowest BCUT2D eigenvalue weighted by Crippen LogP contribution is -1.84. The number of nitrogens with zero attached hydrogens (tertiary/aromatic N) is 2. The van der Waals surface area contributed by atoms with Gasteiger partial charge in [0.25, 0.3) is 5.89 Å². The predicted octanol–water partition coefficient (Wildman–Crippen LogP) is 2.95. The molecule has 86 valence electrons. The Balaban J connectivity index is 2.05. The minimum atomic E-state index is 0.420. The fraction of sp³-hybridized carbons (Fsp3) is 0.0909. The molecule has 0 aliphatic rings. The standard InChI is InChI=1S/C11H9N3O2S/c1-6-2-4-15-8(6)10-13-11(16-14-10)9-7(12)3-5-17-9/h2-5H,12H2,1H3. The molecule has 0 atom stereocenters. The van der Waals surface area contributed by atoms with Crippen LogP contribution in [0.15, 0.2) is 32.7 Å². The summed E-state index contributed by atoms with van der Waals surface area (Å²) >= 11 is 1.47. The van der Waals surface area contributed by atoms with Gasteiger partial charge in [-0.25, -0.2) is 0 Å². The minimum absolute atomic E-state index is 0.420. The van der Waals surface area contributed by atoms with Gasteiger partial charge >= 0.3 is 0 Å². The molecule has 2 N–H and O–H groups in total. The second-order valence-electron chi connectivity index (χ2n) is 3.56. The van der Waals surface area contributed by atoms with Gasteiger partial charge in [-0.15, -0.1) is 11.3 Å². The van der Waals surface area contributed by atoms with E-state index in [0.29, 0.717) is 23.2 Å². The molecule has 0 saturated heterocycles. The largest absolute Gasteiger partial charge is 0.461 e. The van der Waals surface area contributed by atoms with Crippen LogP contribution in [0.2, 0.25) is 0 Å². The Hall–Kier alpha value is -2.08. The van der Waals surface area contributed by atoms with Crippen LogP contribution in [0.1, 0.15) is 5.56 Å². The zero-order chi connectivity index (χ0) is 11.8. The SMILES string of the molecule is Cc1ccoc1-c1noc(-c2sccc2N)n1. The number of nitrogens with two attached hydrogens (primary N) is 1. The van der Waals surface area contributed by atoms with E-state index in [2.05, 4.69) is 10.1 Å². The van der Waals surface area contributed by atoms with Crippen LogP contribution >= 0.6 is 11.3 Å². The van der Waals surface area contributed by atoms with Gasteiger partial charge in [0, 0.05) is 0 Å². The Bertz CT molecular complexity index is 598. The first-order valence-corrected chi connectivity index (χ1v) is 5.85. The number of thiophene rings is 1. The summed E-state index contributed by atoms with van der Waals surface area (Å²) in [5.74, 6) is 1.48. The smallest absolute Gasteiger partial charge is 0.270 e. The molecule has 0 unspecified atom stereocenters. The molecule has 0 aromatic carbocycles. The van der Waals surface area contributed by atoms with Crippen molar-refractivity contribution in [2.45, 2.75) is 6.92 Å². The first-order chi connectivity index (χ1) is 8.25. The molecule has 17 heavy (non-hydrogen) atoms. The van der Waals surface area contributed by atoms with E-state index in [9.17, 15) is 0 Å². The zero-order valence-corrected chi connectivity index (χ0v) is 9.82. The molecule has 3 aromatic rings. The Morgan fingerprint density at radius 2 is 2.24 bits per heavy atom. The molecule has 0 saturated carbocycles. The van der Waals surface area contributed by atoms with E-state index in [-0.39, 0.29) is 0 Å². The van der Waals surface area contributed by atoms with Gasteiger partial charge in [0.1, 0.15) is 4.88 Å². The Morgan fingerprint density at radius 3 is 2.88 bits per heavy atom. The quantitative estimate of drug-likeness (QED) is 0.753. The van der Waals surface area contributed by atoms with Crippen LogP contribution in [0.25, 0.3) is 22.4 Å². The lowest BCUT2D eigenvalue weighted by atomic mass is 10.3. The van der Waals surface area contributed by atoms with Gasteiger partial charge in [0.15, 0.2) is 5.76 Å². The van der Waals surface area contributed by atoms with Crippen molar-refractivity contribution in [2.24, 2.45) is 0 Å². The number of rotatable bonds is 2. The van der Waals surface area contributed by atoms with Gasteiger partial charge in [0.2, 0.25) is 5.82 Å². The van der Waals surface area contributed by atoms with Gasteiger partial charge in [-0.3, -0.25) is 0 Å². The monoisotopic (exact) mass is 247 g/mol. The van der Waals surface area contributed by atoms with Gasteiger partial charge in [-0.2, -0.15) is 4.98 Å². The molecule has 3 aromatic heterocycles. The van der Waals surface area contributed by atoms with Gasteiger partial charge in [0.05, 0.1) is 12.0 Å². The van der Waals surface area contributed by atoms with Crippen molar-refractivity contribution in [3.05, 3.63) is 29.3 Å². The molecule has 3 heterocycles. The molecular weight excluding hydrogens is 238 g/mol. The van der Waals surface area contributed by atoms with Crippen LogP contribution < -0.4 is 5.73 Å². The van der Waals surface area contributed by atoms with E-state index in [1.165, 1.54) is 11.3 Å². The van der Waals surface area contributed by atoms with Crippen molar-refractivity contribution in [3.63, 3.8) is 0 Å². The summed E-state index contributed by atoms with van der Waals surface area (Å²) in [6, 6.07) is 3.66. The van der Waals surface area contributed by atoms with Crippen LogP contribution in [-0.4, -0.2) is 10.1 Å². The molecule has 3 rings (SSSR count). The highest BCUT2D eigenvalue weighted by molar-refractivity contribution is 7.14. The number of furan rings is 1. The summed E-state index contributed by atoms with van der Waals surface area (Å²) in [6.45, 7) is 1.92. The summed E-state index contributed by atoms with van der Waals surface area (Å²) in [4.78, 5) is 5.06. The van der Waals surface area contributed by atoms with E-state index >= 15 is 0 Å². The molecule has 0 amide bonds. The highest BCUT2D eigenvalue weighted by Crippen LogP contribution is 2.32. The maximum Gasteiger partial charge on any atom is 0.270 e. The molecular formula is C11H9N3O2S. The number of hydrogen-bond acceptors (Lipinski definition) is 6. The van der Waals surface area contributed by atoms with Crippen LogP contribution in [0.4, 0.5) is 5.69 Å². The number of hydrogen-bond donors (Lipinski definition) is 1. The summed E-state index contributed by atoms with van der Waals surface area (Å²) in [6.07, 6.45) is 1.60. The molecule has 0 aliphatic heterocycles. The summed E-state index contributed by atoms with van der Waals surface area (Å²) in [7, 11) is 0. The number of aryl methyl sites for hydroxylation is 1. The second-order valence-corrected chi connectivity index (χ2v) is 4.48. The third-order valence-electron chi connectivity index (χ3n) is 2.38. The second kappa shape index (κ2) is 3.74. The van der Waals surface area contributed by atoms with Crippen molar-refractivity contribution < 1.29 is 8.94 Å². The first kappa shape index (κ1) is 10.1. The number of nitrogen functional groups attached to an aromatic ring is 1. The summed E-state index contributed by atoms with van der Waals surface area (Å²) < 4.78 is 10.5. The van der Waals surface area contributed by atoms with Crippen LogP contribution in [0, 0.1) is 6.92 Å². The molecule has 0 spiro atoms. The van der Waals surface area contributed by atoms with Gasteiger partial charge in [-0.1, -0.05) is 5.16 Å². The average molecular weight is 247 g/mol. The van der Waals surface area contributed by atoms with E-state index in [4.69, 9.17) is 14.7 Å². The van der Waals surface area contributed by atoms with Crippen molar-refractivity contribution in [1.29, 1.82) is 0 Å². The Morgan fingerprint density at radius 1 is 1.35 bits per heavy atom. The lowest BCUT2D eigenvalue weighted by molar-refractivity contribution is 0.430. The van der Waals surface area contributed by atoms with Crippen molar-refractivity contribution >= 4 is 17.0 Å². The van der Waals surface area contributed by atoms with Crippen LogP contribution in [0.3, 0.4) is 0 Å². The van der Waals surface area contributed by atoms with Crippen LogP contribution in [0.5, 0.6) is 0 Å².